The SMILES string of the molecule is CCSc1ccccc1C(=O)O[C@H](C)C(=O)Nc1ccccc1[N+](=O)[O-]. The number of carbonyl (C=O) groups excluding carboxylic acids is 2. The molecule has 1 amide bonds. The third-order valence-corrected chi connectivity index (χ3v) is 4.37. The fourth-order valence-corrected chi connectivity index (χ4v) is 2.96. The second kappa shape index (κ2) is 9.00. The smallest absolute Gasteiger partial charge is 0.340 e. The predicted octanol–water partition coefficient (Wildman–Crippen LogP) is 3.89. The number of amides is 1. The lowest BCUT2D eigenvalue weighted by atomic mass is 10.2. The van der Waals surface area contributed by atoms with E-state index in [1.807, 2.05) is 19.1 Å². The zero-order valence-electron chi connectivity index (χ0n) is 14.3. The quantitative estimate of drug-likeness (QED) is 0.342. The molecule has 0 heterocycles. The summed E-state index contributed by atoms with van der Waals surface area (Å²) in [5, 5.41) is 13.4. The van der Waals surface area contributed by atoms with E-state index in [1.165, 1.54) is 36.9 Å². The van der Waals surface area contributed by atoms with Crippen LogP contribution in [0.5, 0.6) is 0 Å². The third kappa shape index (κ3) is 4.82. The summed E-state index contributed by atoms with van der Waals surface area (Å²) in [4.78, 5) is 35.8. The van der Waals surface area contributed by atoms with Crippen LogP contribution in [0.15, 0.2) is 53.4 Å². The average molecular weight is 374 g/mol. The maximum atomic E-state index is 12.4. The summed E-state index contributed by atoms with van der Waals surface area (Å²) in [5.41, 5.74) is 0.195. The molecule has 0 bridgehead atoms. The molecular formula is C18H18N2O5S. The highest BCUT2D eigenvalue weighted by molar-refractivity contribution is 7.99. The van der Waals surface area contributed by atoms with E-state index in [2.05, 4.69) is 5.32 Å². The maximum absolute atomic E-state index is 12.4. The summed E-state index contributed by atoms with van der Waals surface area (Å²) in [6.45, 7) is 3.38. The van der Waals surface area contributed by atoms with Crippen LogP contribution in [-0.4, -0.2) is 28.7 Å². The van der Waals surface area contributed by atoms with Gasteiger partial charge in [-0.05, 0) is 30.9 Å². The Hall–Kier alpha value is -2.87. The van der Waals surface area contributed by atoms with Crippen LogP contribution in [0.25, 0.3) is 0 Å². The molecule has 1 atom stereocenters. The summed E-state index contributed by atoms with van der Waals surface area (Å²) in [6.07, 6.45) is -1.11. The third-order valence-electron chi connectivity index (χ3n) is 3.42. The van der Waals surface area contributed by atoms with Crippen LogP contribution < -0.4 is 5.32 Å². The van der Waals surface area contributed by atoms with Gasteiger partial charge in [0.25, 0.3) is 11.6 Å². The van der Waals surface area contributed by atoms with Crippen molar-refractivity contribution in [2.75, 3.05) is 11.1 Å². The van der Waals surface area contributed by atoms with Crippen LogP contribution in [0.3, 0.4) is 0 Å². The number of carbonyl (C=O) groups is 2. The van der Waals surface area contributed by atoms with Crippen molar-refractivity contribution in [3.8, 4) is 0 Å². The zero-order valence-corrected chi connectivity index (χ0v) is 15.1. The van der Waals surface area contributed by atoms with Crippen molar-refractivity contribution in [1.82, 2.24) is 0 Å². The summed E-state index contributed by atoms with van der Waals surface area (Å²) in [6, 6.07) is 12.7. The van der Waals surface area contributed by atoms with E-state index >= 15 is 0 Å². The van der Waals surface area contributed by atoms with Gasteiger partial charge in [-0.1, -0.05) is 31.2 Å². The molecule has 2 rings (SSSR count). The minimum atomic E-state index is -1.11. The number of hydrogen-bond donors (Lipinski definition) is 1. The fraction of sp³-hybridized carbons (Fsp3) is 0.222. The largest absolute Gasteiger partial charge is 0.449 e. The van der Waals surface area contributed by atoms with Gasteiger partial charge in [0.1, 0.15) is 5.69 Å². The number of hydrogen-bond acceptors (Lipinski definition) is 6. The Morgan fingerprint density at radius 3 is 2.54 bits per heavy atom. The second-order valence-corrected chi connectivity index (χ2v) is 6.55. The Morgan fingerprint density at radius 2 is 1.85 bits per heavy atom. The summed E-state index contributed by atoms with van der Waals surface area (Å²) >= 11 is 1.50. The van der Waals surface area contributed by atoms with E-state index < -0.39 is 22.9 Å². The predicted molar refractivity (Wildman–Crippen MR) is 99.4 cm³/mol. The Labute approximate surface area is 154 Å². The maximum Gasteiger partial charge on any atom is 0.340 e. The number of ether oxygens (including phenoxy) is 1. The average Bonchev–Trinajstić information content (AvgIpc) is 2.62. The number of nitrogens with zero attached hydrogens (tertiary/aromatic N) is 1. The number of para-hydroxylation sites is 2. The summed E-state index contributed by atoms with van der Waals surface area (Å²) < 4.78 is 5.22. The van der Waals surface area contributed by atoms with Gasteiger partial charge in [0.2, 0.25) is 0 Å². The lowest BCUT2D eigenvalue weighted by Crippen LogP contribution is -2.30. The normalized spacial score (nSPS) is 11.5. The number of nitro groups is 1. The number of nitrogens with one attached hydrogen (secondary N) is 1. The van der Waals surface area contributed by atoms with Crippen LogP contribution in [-0.2, 0) is 9.53 Å². The molecule has 0 saturated heterocycles. The number of anilines is 1. The van der Waals surface area contributed by atoms with Gasteiger partial charge in [-0.25, -0.2) is 4.79 Å². The second-order valence-electron chi connectivity index (χ2n) is 5.24. The number of rotatable bonds is 7. The first-order chi connectivity index (χ1) is 12.4. The zero-order chi connectivity index (χ0) is 19.1. The molecule has 7 nitrogen and oxygen atoms in total. The minimum absolute atomic E-state index is 0.0485. The molecule has 26 heavy (non-hydrogen) atoms. The molecule has 0 spiro atoms. The van der Waals surface area contributed by atoms with Crippen molar-refractivity contribution >= 4 is 35.0 Å². The molecular weight excluding hydrogens is 356 g/mol. The van der Waals surface area contributed by atoms with Gasteiger partial charge >= 0.3 is 5.97 Å². The number of thioether (sulfide) groups is 1. The molecule has 8 heteroatoms. The molecule has 0 unspecified atom stereocenters. The molecule has 0 aromatic heterocycles. The molecule has 136 valence electrons. The Morgan fingerprint density at radius 1 is 1.19 bits per heavy atom. The van der Waals surface area contributed by atoms with Crippen molar-refractivity contribution in [2.45, 2.75) is 24.8 Å². The molecule has 1 N–H and O–H groups in total. The standard InChI is InChI=1S/C18H18N2O5S/c1-3-26-16-11-7-4-8-13(16)18(22)25-12(2)17(21)19-14-9-5-6-10-15(14)20(23)24/h4-12H,3H2,1-2H3,(H,19,21)/t12-/m1/s1. The van der Waals surface area contributed by atoms with E-state index in [0.29, 0.717) is 5.56 Å². The van der Waals surface area contributed by atoms with E-state index in [4.69, 9.17) is 4.74 Å². The molecule has 0 radical (unpaired) electrons. The lowest BCUT2D eigenvalue weighted by molar-refractivity contribution is -0.383. The van der Waals surface area contributed by atoms with E-state index in [9.17, 15) is 19.7 Å². The molecule has 0 aliphatic carbocycles. The van der Waals surface area contributed by atoms with Crippen LogP contribution in [0, 0.1) is 10.1 Å². The van der Waals surface area contributed by atoms with E-state index in [0.717, 1.165) is 10.6 Å². The van der Waals surface area contributed by atoms with Gasteiger partial charge in [-0.3, -0.25) is 14.9 Å². The molecule has 2 aromatic carbocycles. The first-order valence-corrected chi connectivity index (χ1v) is 8.89. The van der Waals surface area contributed by atoms with E-state index in [1.54, 1.807) is 18.2 Å². The highest BCUT2D eigenvalue weighted by Crippen LogP contribution is 2.25. The van der Waals surface area contributed by atoms with Gasteiger partial charge in [0.15, 0.2) is 6.10 Å². The van der Waals surface area contributed by atoms with Crippen molar-refractivity contribution in [3.05, 3.63) is 64.2 Å². The van der Waals surface area contributed by atoms with Crippen molar-refractivity contribution in [2.24, 2.45) is 0 Å². The lowest BCUT2D eigenvalue weighted by Gasteiger charge is -2.15. The molecule has 0 saturated carbocycles. The first-order valence-electron chi connectivity index (χ1n) is 7.91. The van der Waals surface area contributed by atoms with Crippen LogP contribution in [0.2, 0.25) is 0 Å². The number of benzene rings is 2. The van der Waals surface area contributed by atoms with Gasteiger partial charge < -0.3 is 10.1 Å². The monoisotopic (exact) mass is 374 g/mol. The van der Waals surface area contributed by atoms with Crippen molar-refractivity contribution in [3.63, 3.8) is 0 Å². The van der Waals surface area contributed by atoms with Gasteiger partial charge in [-0.2, -0.15) is 0 Å². The van der Waals surface area contributed by atoms with Crippen LogP contribution in [0.4, 0.5) is 11.4 Å². The number of esters is 1. The van der Waals surface area contributed by atoms with Gasteiger partial charge in [0, 0.05) is 11.0 Å². The molecule has 0 aliphatic heterocycles. The van der Waals surface area contributed by atoms with Crippen LogP contribution in [0.1, 0.15) is 24.2 Å². The topological polar surface area (TPSA) is 98.5 Å². The van der Waals surface area contributed by atoms with Gasteiger partial charge in [0.05, 0.1) is 10.5 Å². The highest BCUT2D eigenvalue weighted by atomic mass is 32.2. The molecule has 0 fully saturated rings. The molecule has 2 aromatic rings. The Bertz CT molecular complexity index is 825. The van der Waals surface area contributed by atoms with Crippen molar-refractivity contribution < 1.29 is 19.2 Å². The Balaban J connectivity index is 2.08. The summed E-state index contributed by atoms with van der Waals surface area (Å²) in [5.74, 6) is -0.474. The van der Waals surface area contributed by atoms with Crippen LogP contribution >= 0.6 is 11.8 Å². The number of nitro benzene ring substituents is 1. The Kier molecular flexibility index (Phi) is 6.74. The van der Waals surface area contributed by atoms with Crippen molar-refractivity contribution in [1.29, 1.82) is 0 Å². The van der Waals surface area contributed by atoms with E-state index in [-0.39, 0.29) is 11.4 Å². The van der Waals surface area contributed by atoms with Gasteiger partial charge in [-0.15, -0.1) is 11.8 Å². The molecule has 0 aliphatic rings. The highest BCUT2D eigenvalue weighted by Gasteiger charge is 2.23. The minimum Gasteiger partial charge on any atom is -0.449 e. The fourth-order valence-electron chi connectivity index (χ4n) is 2.17. The summed E-state index contributed by atoms with van der Waals surface area (Å²) in [7, 11) is 0. The first kappa shape index (κ1) is 19.5.